The molecule has 2 aromatic carbocycles. The lowest BCUT2D eigenvalue weighted by atomic mass is 10.2. The molecule has 0 fully saturated rings. The van der Waals surface area contributed by atoms with E-state index < -0.39 is 16.7 Å². The maximum atomic E-state index is 11.8. The number of methoxy groups -OCH3 is 1. The zero-order valence-corrected chi connectivity index (χ0v) is 15.3. The normalized spacial score (nSPS) is 9.93. The number of hydrogen-bond donors (Lipinski definition) is 2. The molecule has 0 bridgehead atoms. The van der Waals surface area contributed by atoms with Crippen LogP contribution in [0.5, 0.6) is 17.2 Å². The van der Waals surface area contributed by atoms with Crippen LogP contribution in [0.2, 0.25) is 0 Å². The second kappa shape index (κ2) is 9.76. The van der Waals surface area contributed by atoms with Crippen LogP contribution in [-0.2, 0) is 9.59 Å². The third kappa shape index (κ3) is 6.16. The average molecular weight is 389 g/mol. The monoisotopic (exact) mass is 389 g/mol. The molecule has 0 radical (unpaired) electrons. The fraction of sp³-hybridized carbons (Fsp3) is 0.222. The molecule has 0 aliphatic carbocycles. The number of benzene rings is 2. The van der Waals surface area contributed by atoms with Crippen LogP contribution in [0.3, 0.4) is 0 Å². The molecule has 2 N–H and O–H groups in total. The highest BCUT2D eigenvalue weighted by molar-refractivity contribution is 5.83. The fourth-order valence-electron chi connectivity index (χ4n) is 2.06. The summed E-state index contributed by atoms with van der Waals surface area (Å²) in [6.07, 6.45) is 0. The van der Waals surface area contributed by atoms with Crippen molar-refractivity contribution >= 4 is 17.5 Å². The fourth-order valence-corrected chi connectivity index (χ4v) is 2.06. The number of hydrogen-bond acceptors (Lipinski definition) is 7. The minimum Gasteiger partial charge on any atom is -0.493 e. The van der Waals surface area contributed by atoms with Crippen LogP contribution >= 0.6 is 0 Å². The highest BCUT2D eigenvalue weighted by atomic mass is 16.6. The predicted molar refractivity (Wildman–Crippen MR) is 98.1 cm³/mol. The van der Waals surface area contributed by atoms with Crippen molar-refractivity contribution in [2.24, 2.45) is 0 Å². The smallest absolute Gasteiger partial charge is 0.276 e. The molecule has 0 saturated carbocycles. The first kappa shape index (κ1) is 20.5. The highest BCUT2D eigenvalue weighted by Crippen LogP contribution is 2.27. The van der Waals surface area contributed by atoms with Gasteiger partial charge in [-0.15, -0.1) is 0 Å². The molecule has 0 aliphatic rings. The Balaban J connectivity index is 1.72. The van der Waals surface area contributed by atoms with Crippen molar-refractivity contribution in [3.05, 3.63) is 58.1 Å². The molecule has 0 aliphatic heterocycles. The number of nitro groups is 1. The predicted octanol–water partition coefficient (Wildman–Crippen LogP) is 1.52. The van der Waals surface area contributed by atoms with Gasteiger partial charge in [0.1, 0.15) is 5.75 Å². The second-order valence-electron chi connectivity index (χ2n) is 5.58. The highest BCUT2D eigenvalue weighted by Gasteiger charge is 2.10. The first-order valence-corrected chi connectivity index (χ1v) is 8.11. The van der Waals surface area contributed by atoms with E-state index >= 15 is 0 Å². The molecule has 10 heteroatoms. The molecule has 0 aromatic heterocycles. The summed E-state index contributed by atoms with van der Waals surface area (Å²) in [5.74, 6) is -0.0165. The number of nitrogens with zero attached hydrogens (tertiary/aromatic N) is 1. The van der Waals surface area contributed by atoms with Crippen LogP contribution in [0.25, 0.3) is 0 Å². The van der Waals surface area contributed by atoms with E-state index in [0.29, 0.717) is 11.5 Å². The van der Waals surface area contributed by atoms with Crippen molar-refractivity contribution in [3.8, 4) is 17.2 Å². The number of ether oxygens (including phenoxy) is 3. The Morgan fingerprint density at radius 1 is 0.964 bits per heavy atom. The van der Waals surface area contributed by atoms with Gasteiger partial charge in [0.25, 0.3) is 17.5 Å². The Hall–Kier alpha value is -3.82. The van der Waals surface area contributed by atoms with Gasteiger partial charge in [-0.2, -0.15) is 0 Å². The standard InChI is InChI=1S/C18H19N3O7/c1-12-3-8-15(16(9-12)26-2)28-11-18(23)20-19-17(22)10-27-14-6-4-13(5-7-14)21(24)25/h3-9H,10-11H2,1-2H3,(H,19,22)(H,20,23). The number of amides is 2. The van der Waals surface area contributed by atoms with E-state index in [2.05, 4.69) is 10.9 Å². The van der Waals surface area contributed by atoms with Crippen LogP contribution < -0.4 is 25.1 Å². The lowest BCUT2D eigenvalue weighted by Crippen LogP contribution is -2.45. The van der Waals surface area contributed by atoms with E-state index in [1.807, 2.05) is 13.0 Å². The number of rotatable bonds is 8. The topological polar surface area (TPSA) is 129 Å². The van der Waals surface area contributed by atoms with Gasteiger partial charge in [-0.1, -0.05) is 6.07 Å². The molecule has 0 saturated heterocycles. The van der Waals surface area contributed by atoms with Gasteiger partial charge in [0.2, 0.25) is 0 Å². The number of hydrazine groups is 1. The number of non-ortho nitro benzene ring substituents is 1. The summed E-state index contributed by atoms with van der Waals surface area (Å²) in [6, 6.07) is 10.5. The number of carbonyl (C=O) groups excluding carboxylic acids is 2. The average Bonchev–Trinajstić information content (AvgIpc) is 2.69. The Morgan fingerprint density at radius 3 is 2.14 bits per heavy atom. The van der Waals surface area contributed by atoms with E-state index in [-0.39, 0.29) is 24.7 Å². The van der Waals surface area contributed by atoms with Crippen LogP contribution in [-0.4, -0.2) is 37.1 Å². The van der Waals surface area contributed by atoms with E-state index in [9.17, 15) is 19.7 Å². The van der Waals surface area contributed by atoms with E-state index in [4.69, 9.17) is 14.2 Å². The zero-order valence-electron chi connectivity index (χ0n) is 15.3. The van der Waals surface area contributed by atoms with Gasteiger partial charge in [-0.3, -0.25) is 30.6 Å². The summed E-state index contributed by atoms with van der Waals surface area (Å²) in [6.45, 7) is 1.18. The SMILES string of the molecule is COc1cc(C)ccc1OCC(=O)NNC(=O)COc1ccc([N+](=O)[O-])cc1. The zero-order chi connectivity index (χ0) is 20.5. The van der Waals surface area contributed by atoms with Gasteiger partial charge >= 0.3 is 0 Å². The summed E-state index contributed by atoms with van der Waals surface area (Å²) in [4.78, 5) is 33.5. The van der Waals surface area contributed by atoms with Crippen molar-refractivity contribution < 1.29 is 28.7 Å². The summed E-state index contributed by atoms with van der Waals surface area (Å²) < 4.78 is 15.7. The molecule has 0 unspecified atom stereocenters. The van der Waals surface area contributed by atoms with Crippen molar-refractivity contribution in [1.82, 2.24) is 10.9 Å². The molecular formula is C18H19N3O7. The maximum absolute atomic E-state index is 11.8. The van der Waals surface area contributed by atoms with Gasteiger partial charge in [0.15, 0.2) is 24.7 Å². The lowest BCUT2D eigenvalue weighted by molar-refractivity contribution is -0.384. The minimum absolute atomic E-state index is 0.0886. The van der Waals surface area contributed by atoms with Crippen LogP contribution in [0.4, 0.5) is 5.69 Å². The molecule has 2 amide bonds. The van der Waals surface area contributed by atoms with Crippen molar-refractivity contribution in [1.29, 1.82) is 0 Å². The van der Waals surface area contributed by atoms with Crippen molar-refractivity contribution in [3.63, 3.8) is 0 Å². The van der Waals surface area contributed by atoms with Gasteiger partial charge in [-0.25, -0.2) is 0 Å². The molecule has 0 spiro atoms. The molecule has 2 aromatic rings. The first-order chi connectivity index (χ1) is 13.4. The van der Waals surface area contributed by atoms with Gasteiger partial charge in [-0.05, 0) is 36.8 Å². The Morgan fingerprint density at radius 2 is 1.57 bits per heavy atom. The Labute approximate surface area is 160 Å². The van der Waals surface area contributed by atoms with Crippen LogP contribution in [0, 0.1) is 17.0 Å². The summed E-state index contributed by atoms with van der Waals surface area (Å²) in [7, 11) is 1.49. The Kier molecular flexibility index (Phi) is 7.14. The number of nitrogens with one attached hydrogen (secondary N) is 2. The number of nitro benzene ring substituents is 1. The van der Waals surface area contributed by atoms with Crippen molar-refractivity contribution in [2.75, 3.05) is 20.3 Å². The quantitative estimate of drug-likeness (QED) is 0.517. The lowest BCUT2D eigenvalue weighted by Gasteiger charge is -2.12. The summed E-state index contributed by atoms with van der Waals surface area (Å²) in [5.41, 5.74) is 5.25. The third-order valence-corrected chi connectivity index (χ3v) is 3.44. The summed E-state index contributed by atoms with van der Waals surface area (Å²) >= 11 is 0. The maximum Gasteiger partial charge on any atom is 0.276 e. The van der Waals surface area contributed by atoms with E-state index in [0.717, 1.165) is 5.56 Å². The largest absolute Gasteiger partial charge is 0.493 e. The molecule has 10 nitrogen and oxygen atoms in total. The number of aryl methyl sites for hydroxylation is 1. The van der Waals surface area contributed by atoms with Crippen LogP contribution in [0.15, 0.2) is 42.5 Å². The van der Waals surface area contributed by atoms with Gasteiger partial charge in [0.05, 0.1) is 12.0 Å². The summed E-state index contributed by atoms with van der Waals surface area (Å²) in [5, 5.41) is 10.6. The van der Waals surface area contributed by atoms with E-state index in [1.54, 1.807) is 12.1 Å². The second-order valence-corrected chi connectivity index (χ2v) is 5.58. The molecule has 0 heterocycles. The van der Waals surface area contributed by atoms with Crippen molar-refractivity contribution in [2.45, 2.75) is 6.92 Å². The molecule has 2 rings (SSSR count). The minimum atomic E-state index is -0.611. The van der Waals surface area contributed by atoms with Gasteiger partial charge < -0.3 is 14.2 Å². The molecular weight excluding hydrogens is 370 g/mol. The number of carbonyl (C=O) groups is 2. The first-order valence-electron chi connectivity index (χ1n) is 8.11. The van der Waals surface area contributed by atoms with Gasteiger partial charge in [0, 0.05) is 12.1 Å². The third-order valence-electron chi connectivity index (χ3n) is 3.44. The van der Waals surface area contributed by atoms with Crippen LogP contribution in [0.1, 0.15) is 5.56 Å². The van der Waals surface area contributed by atoms with E-state index in [1.165, 1.54) is 31.4 Å². The Bertz CT molecular complexity index is 853. The molecule has 0 atom stereocenters. The molecule has 148 valence electrons. The molecule has 28 heavy (non-hydrogen) atoms.